The van der Waals surface area contributed by atoms with Crippen molar-refractivity contribution in [2.45, 2.75) is 6.92 Å². The van der Waals surface area contributed by atoms with Gasteiger partial charge in [0.05, 0.1) is 4.48 Å². The summed E-state index contributed by atoms with van der Waals surface area (Å²) in [6.07, 6.45) is 1.84. The zero-order valence-electron chi connectivity index (χ0n) is 10.1. The molecule has 2 aromatic carbocycles. The van der Waals surface area contributed by atoms with Crippen LogP contribution in [0.25, 0.3) is 6.08 Å². The van der Waals surface area contributed by atoms with Gasteiger partial charge in [-0.05, 0) is 34.5 Å². The number of carbonyl (C=O) groups is 1. The molecule has 0 spiro atoms. The van der Waals surface area contributed by atoms with E-state index in [1.54, 1.807) is 0 Å². The van der Waals surface area contributed by atoms with Crippen LogP contribution in [0, 0.1) is 6.92 Å². The van der Waals surface area contributed by atoms with Crippen LogP contribution < -0.4 is 0 Å². The molecule has 0 fully saturated rings. The van der Waals surface area contributed by atoms with E-state index in [0.29, 0.717) is 10.0 Å². The van der Waals surface area contributed by atoms with Gasteiger partial charge in [0.1, 0.15) is 0 Å². The summed E-state index contributed by atoms with van der Waals surface area (Å²) in [6, 6.07) is 17.3. The van der Waals surface area contributed by atoms with Crippen LogP contribution in [0.3, 0.4) is 0 Å². The molecule has 0 aliphatic rings. The number of rotatable bonds is 3. The molecular formula is C16H13BrO. The van der Waals surface area contributed by atoms with Crippen molar-refractivity contribution in [2.75, 3.05) is 0 Å². The number of hydrogen-bond acceptors (Lipinski definition) is 1. The van der Waals surface area contributed by atoms with E-state index in [4.69, 9.17) is 0 Å². The zero-order chi connectivity index (χ0) is 13.0. The number of hydrogen-bond donors (Lipinski definition) is 0. The largest absolute Gasteiger partial charge is 0.288 e. The maximum absolute atomic E-state index is 12.1. The second-order valence-electron chi connectivity index (χ2n) is 4.10. The standard InChI is InChI=1S/C16H13BrO/c1-12-7-9-14(10-8-12)16(18)15(17)11-13-5-3-2-4-6-13/h2-11H,1H3. The fourth-order valence-corrected chi connectivity index (χ4v) is 2.10. The van der Waals surface area contributed by atoms with Crippen molar-refractivity contribution in [3.8, 4) is 0 Å². The van der Waals surface area contributed by atoms with Crippen LogP contribution in [0.1, 0.15) is 21.5 Å². The summed E-state index contributed by atoms with van der Waals surface area (Å²) in [5.74, 6) is -0.00106. The fourth-order valence-electron chi connectivity index (χ4n) is 1.60. The highest BCUT2D eigenvalue weighted by Crippen LogP contribution is 2.18. The van der Waals surface area contributed by atoms with Crippen LogP contribution in [0.4, 0.5) is 0 Å². The molecule has 0 N–H and O–H groups in total. The zero-order valence-corrected chi connectivity index (χ0v) is 11.6. The van der Waals surface area contributed by atoms with Crippen LogP contribution in [0.15, 0.2) is 59.1 Å². The molecule has 0 aliphatic carbocycles. The van der Waals surface area contributed by atoms with Gasteiger partial charge in [0, 0.05) is 5.56 Å². The van der Waals surface area contributed by atoms with Gasteiger partial charge < -0.3 is 0 Å². The Bertz CT molecular complexity index is 568. The first-order valence-electron chi connectivity index (χ1n) is 5.70. The Hall–Kier alpha value is -1.67. The molecule has 0 amide bonds. The minimum atomic E-state index is -0.00106. The number of ketones is 1. The number of carbonyl (C=O) groups excluding carboxylic acids is 1. The van der Waals surface area contributed by atoms with Gasteiger partial charge in [0.15, 0.2) is 5.78 Å². The van der Waals surface area contributed by atoms with Gasteiger partial charge in [-0.25, -0.2) is 0 Å². The SMILES string of the molecule is Cc1ccc(C(=O)C(Br)=Cc2ccccc2)cc1. The van der Waals surface area contributed by atoms with Crippen LogP contribution in [0.2, 0.25) is 0 Å². The molecule has 0 saturated heterocycles. The first kappa shape index (κ1) is 12.8. The lowest BCUT2D eigenvalue weighted by molar-refractivity contribution is 0.104. The molecule has 0 heterocycles. The average Bonchev–Trinajstić information content (AvgIpc) is 2.40. The average molecular weight is 301 g/mol. The van der Waals surface area contributed by atoms with E-state index in [1.165, 1.54) is 0 Å². The summed E-state index contributed by atoms with van der Waals surface area (Å²) in [7, 11) is 0. The summed E-state index contributed by atoms with van der Waals surface area (Å²) in [4.78, 5) is 12.1. The number of allylic oxidation sites excluding steroid dienone is 1. The molecule has 0 atom stereocenters. The molecule has 0 bridgehead atoms. The predicted octanol–water partition coefficient (Wildman–Crippen LogP) is 4.61. The number of halogens is 1. The predicted molar refractivity (Wildman–Crippen MR) is 78.9 cm³/mol. The highest BCUT2D eigenvalue weighted by atomic mass is 79.9. The van der Waals surface area contributed by atoms with E-state index >= 15 is 0 Å². The van der Waals surface area contributed by atoms with Crippen LogP contribution in [-0.4, -0.2) is 5.78 Å². The van der Waals surface area contributed by atoms with Gasteiger partial charge in [-0.2, -0.15) is 0 Å². The Morgan fingerprint density at radius 3 is 2.22 bits per heavy atom. The second-order valence-corrected chi connectivity index (χ2v) is 4.95. The Kier molecular flexibility index (Phi) is 4.11. The number of aryl methyl sites for hydroxylation is 1. The Morgan fingerprint density at radius 1 is 1.00 bits per heavy atom. The maximum Gasteiger partial charge on any atom is 0.199 e. The van der Waals surface area contributed by atoms with Crippen molar-refractivity contribution < 1.29 is 4.79 Å². The van der Waals surface area contributed by atoms with E-state index < -0.39 is 0 Å². The van der Waals surface area contributed by atoms with Gasteiger partial charge in [-0.15, -0.1) is 0 Å². The van der Waals surface area contributed by atoms with Gasteiger partial charge in [0.2, 0.25) is 0 Å². The first-order chi connectivity index (χ1) is 8.66. The summed E-state index contributed by atoms with van der Waals surface area (Å²) in [5.41, 5.74) is 2.85. The maximum atomic E-state index is 12.1. The lowest BCUT2D eigenvalue weighted by Crippen LogP contribution is -1.98. The number of Topliss-reactive ketones (excluding diaryl/α,β-unsaturated/α-hetero) is 1. The Labute approximate surface area is 115 Å². The molecule has 90 valence electrons. The van der Waals surface area contributed by atoms with Gasteiger partial charge >= 0.3 is 0 Å². The lowest BCUT2D eigenvalue weighted by Gasteiger charge is -2.01. The molecule has 1 nitrogen and oxygen atoms in total. The summed E-state index contributed by atoms with van der Waals surface area (Å²) >= 11 is 3.35. The monoisotopic (exact) mass is 300 g/mol. The quantitative estimate of drug-likeness (QED) is 0.597. The molecule has 0 aliphatic heterocycles. The fraction of sp³-hybridized carbons (Fsp3) is 0.0625. The minimum Gasteiger partial charge on any atom is -0.288 e. The Morgan fingerprint density at radius 2 is 1.61 bits per heavy atom. The molecule has 0 aromatic heterocycles. The number of benzene rings is 2. The Balaban J connectivity index is 2.24. The lowest BCUT2D eigenvalue weighted by atomic mass is 10.1. The van der Waals surface area contributed by atoms with Crippen LogP contribution in [0.5, 0.6) is 0 Å². The third-order valence-electron chi connectivity index (χ3n) is 2.62. The molecular weight excluding hydrogens is 288 g/mol. The van der Waals surface area contributed by atoms with E-state index in [9.17, 15) is 4.79 Å². The van der Waals surface area contributed by atoms with Crippen molar-refractivity contribution >= 4 is 27.8 Å². The van der Waals surface area contributed by atoms with Gasteiger partial charge in [-0.1, -0.05) is 60.2 Å². The van der Waals surface area contributed by atoms with Crippen molar-refractivity contribution in [1.82, 2.24) is 0 Å². The smallest absolute Gasteiger partial charge is 0.199 e. The van der Waals surface area contributed by atoms with E-state index in [1.807, 2.05) is 67.6 Å². The third-order valence-corrected chi connectivity index (χ3v) is 3.21. The highest BCUT2D eigenvalue weighted by molar-refractivity contribution is 9.12. The van der Waals surface area contributed by atoms with Crippen LogP contribution in [-0.2, 0) is 0 Å². The van der Waals surface area contributed by atoms with Crippen molar-refractivity contribution in [2.24, 2.45) is 0 Å². The molecule has 2 heteroatoms. The topological polar surface area (TPSA) is 17.1 Å². The molecule has 2 aromatic rings. The van der Waals surface area contributed by atoms with Gasteiger partial charge in [-0.3, -0.25) is 4.79 Å². The van der Waals surface area contributed by atoms with Crippen molar-refractivity contribution in [1.29, 1.82) is 0 Å². The van der Waals surface area contributed by atoms with Gasteiger partial charge in [0.25, 0.3) is 0 Å². The van der Waals surface area contributed by atoms with Crippen molar-refractivity contribution in [3.63, 3.8) is 0 Å². The molecule has 18 heavy (non-hydrogen) atoms. The minimum absolute atomic E-state index is 0.00106. The highest BCUT2D eigenvalue weighted by Gasteiger charge is 2.09. The molecule has 0 saturated carbocycles. The van der Waals surface area contributed by atoms with E-state index in [-0.39, 0.29) is 5.78 Å². The second kappa shape index (κ2) is 5.78. The van der Waals surface area contributed by atoms with E-state index in [2.05, 4.69) is 15.9 Å². The first-order valence-corrected chi connectivity index (χ1v) is 6.50. The van der Waals surface area contributed by atoms with Crippen molar-refractivity contribution in [3.05, 3.63) is 75.8 Å². The third kappa shape index (κ3) is 3.17. The van der Waals surface area contributed by atoms with E-state index in [0.717, 1.165) is 11.1 Å². The molecule has 2 rings (SSSR count). The summed E-state index contributed by atoms with van der Waals surface area (Å²) in [6.45, 7) is 2.00. The summed E-state index contributed by atoms with van der Waals surface area (Å²) in [5, 5.41) is 0. The molecule has 0 unspecified atom stereocenters. The molecule has 0 radical (unpaired) electrons. The van der Waals surface area contributed by atoms with Crippen LogP contribution >= 0.6 is 15.9 Å². The summed E-state index contributed by atoms with van der Waals surface area (Å²) < 4.78 is 0.567. The normalized spacial score (nSPS) is 11.3.